The van der Waals surface area contributed by atoms with E-state index >= 15 is 0 Å². The Morgan fingerprint density at radius 3 is 1.71 bits per heavy atom. The molecule has 48 heavy (non-hydrogen) atoms. The van der Waals surface area contributed by atoms with E-state index in [9.17, 15) is 9.59 Å². The third kappa shape index (κ3) is 9.45. The summed E-state index contributed by atoms with van der Waals surface area (Å²) in [7, 11) is 1.74. The van der Waals surface area contributed by atoms with Gasteiger partial charge in [-0.2, -0.15) is 5.10 Å². The second-order valence-corrected chi connectivity index (χ2v) is 13.4. The minimum atomic E-state index is -0.863. The van der Waals surface area contributed by atoms with Crippen molar-refractivity contribution in [3.8, 4) is 0 Å². The second-order valence-electron chi connectivity index (χ2n) is 13.4. The fourth-order valence-electron chi connectivity index (χ4n) is 5.27. The van der Waals surface area contributed by atoms with Gasteiger partial charge in [0.1, 0.15) is 17.0 Å². The molecule has 1 aromatic heterocycles. The zero-order chi connectivity index (χ0) is 35.0. The van der Waals surface area contributed by atoms with E-state index in [2.05, 4.69) is 57.1 Å². The number of hydrogen-bond acceptors (Lipinski definition) is 7. The van der Waals surface area contributed by atoms with Gasteiger partial charge in [0.15, 0.2) is 0 Å². The maximum Gasteiger partial charge on any atom is 0.437 e. The Bertz CT molecular complexity index is 1580. The lowest BCUT2D eigenvalue weighted by Crippen LogP contribution is -2.51. The topological polar surface area (TPSA) is 136 Å². The van der Waals surface area contributed by atoms with Crippen molar-refractivity contribution in [2.75, 3.05) is 18.8 Å². The molecule has 0 aliphatic rings. The van der Waals surface area contributed by atoms with Crippen LogP contribution in [0.2, 0.25) is 0 Å². The van der Waals surface area contributed by atoms with Crippen molar-refractivity contribution in [2.45, 2.75) is 64.8 Å². The van der Waals surface area contributed by atoms with Crippen molar-refractivity contribution >= 4 is 24.0 Å². The summed E-state index contributed by atoms with van der Waals surface area (Å²) in [5.41, 5.74) is 7.82. The van der Waals surface area contributed by atoms with Crippen LogP contribution in [0.4, 0.5) is 15.4 Å². The van der Waals surface area contributed by atoms with Gasteiger partial charge in [-0.3, -0.25) is 15.3 Å². The number of nitrogens with one attached hydrogen (secondary N) is 2. The summed E-state index contributed by atoms with van der Waals surface area (Å²) in [4.78, 5) is 32.1. The van der Waals surface area contributed by atoms with Gasteiger partial charge in [0, 0.05) is 25.7 Å². The Hall–Kier alpha value is -5.16. The van der Waals surface area contributed by atoms with Crippen LogP contribution in [0, 0.1) is 0 Å². The SMILES string of the molecule is Cn1ncc(CN(CCNC(c2ccccc2)(c2ccccc2)c2ccccc2)/C(=N\C(=O)OC(C)(C)C)NC(=O)OC(C)(C)C)c1N. The Labute approximate surface area is 283 Å². The Morgan fingerprint density at radius 1 is 0.812 bits per heavy atom. The van der Waals surface area contributed by atoms with E-state index < -0.39 is 28.9 Å². The largest absolute Gasteiger partial charge is 0.444 e. The highest BCUT2D eigenvalue weighted by atomic mass is 16.6. The summed E-state index contributed by atoms with van der Waals surface area (Å²) in [5.74, 6) is 0.391. The number of benzene rings is 3. The van der Waals surface area contributed by atoms with Crippen LogP contribution in [-0.2, 0) is 28.6 Å². The predicted octanol–water partition coefficient (Wildman–Crippen LogP) is 6.20. The van der Waals surface area contributed by atoms with Crippen LogP contribution in [0.3, 0.4) is 0 Å². The molecule has 0 aliphatic carbocycles. The third-order valence-corrected chi connectivity index (χ3v) is 7.32. The van der Waals surface area contributed by atoms with Gasteiger partial charge >= 0.3 is 12.2 Å². The van der Waals surface area contributed by atoms with Gasteiger partial charge in [0.2, 0.25) is 5.96 Å². The van der Waals surface area contributed by atoms with E-state index in [1.807, 2.05) is 54.6 Å². The molecule has 0 fully saturated rings. The highest BCUT2D eigenvalue weighted by Gasteiger charge is 2.36. The zero-order valence-corrected chi connectivity index (χ0v) is 28.9. The fraction of sp³-hybridized carbons (Fsp3) is 0.351. The van der Waals surface area contributed by atoms with Crippen molar-refractivity contribution in [1.29, 1.82) is 0 Å². The van der Waals surface area contributed by atoms with E-state index in [4.69, 9.17) is 15.2 Å². The molecule has 0 saturated carbocycles. The summed E-state index contributed by atoms with van der Waals surface area (Å²) in [6, 6.07) is 30.7. The second kappa shape index (κ2) is 15.2. The lowest BCUT2D eigenvalue weighted by atomic mass is 9.77. The summed E-state index contributed by atoms with van der Waals surface area (Å²) in [5, 5.41) is 10.8. The average molecular weight is 654 g/mol. The molecule has 0 spiro atoms. The molecule has 11 nitrogen and oxygen atoms in total. The first-order valence-corrected chi connectivity index (χ1v) is 15.9. The Balaban J connectivity index is 1.78. The van der Waals surface area contributed by atoms with Gasteiger partial charge in [0.25, 0.3) is 0 Å². The summed E-state index contributed by atoms with van der Waals surface area (Å²) in [6.45, 7) is 11.3. The highest BCUT2D eigenvalue weighted by Crippen LogP contribution is 2.36. The average Bonchev–Trinajstić information content (AvgIpc) is 3.34. The van der Waals surface area contributed by atoms with Crippen molar-refractivity contribution in [3.63, 3.8) is 0 Å². The number of aliphatic imine (C=N–C) groups is 1. The minimum Gasteiger partial charge on any atom is -0.444 e. The number of aromatic nitrogens is 2. The van der Waals surface area contributed by atoms with Gasteiger partial charge in [-0.15, -0.1) is 4.99 Å². The van der Waals surface area contributed by atoms with Crippen LogP contribution in [0.5, 0.6) is 0 Å². The van der Waals surface area contributed by atoms with E-state index in [0.717, 1.165) is 16.7 Å². The van der Waals surface area contributed by atoms with Gasteiger partial charge in [-0.05, 0) is 58.2 Å². The molecular formula is C37H47N7O4. The maximum absolute atomic E-state index is 13.1. The molecule has 0 atom stereocenters. The van der Waals surface area contributed by atoms with Gasteiger partial charge < -0.3 is 20.1 Å². The predicted molar refractivity (Wildman–Crippen MR) is 188 cm³/mol. The van der Waals surface area contributed by atoms with E-state index in [-0.39, 0.29) is 19.0 Å². The van der Waals surface area contributed by atoms with Crippen LogP contribution < -0.4 is 16.4 Å². The quantitative estimate of drug-likeness (QED) is 0.110. The number of alkyl carbamates (subject to hydrolysis) is 1. The van der Waals surface area contributed by atoms with E-state index in [1.54, 1.807) is 64.4 Å². The van der Waals surface area contributed by atoms with Crippen LogP contribution in [0.15, 0.2) is 102 Å². The number of aryl methyl sites for hydroxylation is 1. The number of rotatable bonds is 9. The number of anilines is 1. The molecule has 1 heterocycles. The van der Waals surface area contributed by atoms with Crippen molar-refractivity contribution in [1.82, 2.24) is 25.3 Å². The van der Waals surface area contributed by atoms with E-state index in [0.29, 0.717) is 17.9 Å². The van der Waals surface area contributed by atoms with Crippen molar-refractivity contribution < 1.29 is 19.1 Å². The number of carbonyl (C=O) groups excluding carboxylic acids is 2. The molecule has 11 heteroatoms. The number of nitrogen functional groups attached to an aromatic ring is 1. The van der Waals surface area contributed by atoms with Crippen molar-refractivity contribution in [3.05, 3.63) is 119 Å². The van der Waals surface area contributed by atoms with Crippen LogP contribution in [-0.4, -0.2) is 57.1 Å². The molecule has 4 rings (SSSR count). The minimum absolute atomic E-state index is 0.0479. The standard InChI is InChI=1S/C37H47N7O4/c1-35(2,3)47-33(45)41-32(42-34(46)48-36(4,5)6)44(26-27-25-40-43(7)31(27)38)24-23-39-37(28-17-11-8-12-18-28,29-19-13-9-14-20-29)30-21-15-10-16-22-30/h8-22,25,39H,23-24,26,38H2,1-7H3,(H,41,42,45,46). The Morgan fingerprint density at radius 2 is 1.29 bits per heavy atom. The number of ether oxygens (including phenoxy) is 2. The summed E-state index contributed by atoms with van der Waals surface area (Å²) >= 11 is 0. The first-order valence-electron chi connectivity index (χ1n) is 15.9. The summed E-state index contributed by atoms with van der Waals surface area (Å²) < 4.78 is 12.6. The van der Waals surface area contributed by atoms with E-state index in [1.165, 1.54) is 0 Å². The molecule has 0 unspecified atom stereocenters. The van der Waals surface area contributed by atoms with Gasteiger partial charge in [-0.25, -0.2) is 9.59 Å². The highest BCUT2D eigenvalue weighted by molar-refractivity contribution is 5.99. The number of nitrogens with two attached hydrogens (primary N) is 1. The molecule has 2 amide bonds. The normalized spacial score (nSPS) is 12.4. The molecule has 254 valence electrons. The van der Waals surface area contributed by atoms with Gasteiger partial charge in [-0.1, -0.05) is 91.0 Å². The molecule has 0 radical (unpaired) electrons. The monoisotopic (exact) mass is 653 g/mol. The number of nitrogens with zero attached hydrogens (tertiary/aromatic N) is 4. The van der Waals surface area contributed by atoms with Crippen molar-refractivity contribution in [2.24, 2.45) is 12.0 Å². The molecule has 4 N–H and O–H groups in total. The zero-order valence-electron chi connectivity index (χ0n) is 28.9. The first kappa shape index (κ1) is 35.7. The Kier molecular flexibility index (Phi) is 11.3. The maximum atomic E-state index is 13.1. The molecule has 0 saturated heterocycles. The molecule has 4 aromatic rings. The number of amides is 2. The molecule has 3 aromatic carbocycles. The van der Waals surface area contributed by atoms with Crippen LogP contribution in [0.1, 0.15) is 63.8 Å². The third-order valence-electron chi connectivity index (χ3n) is 7.32. The number of guanidine groups is 1. The van der Waals surface area contributed by atoms with Gasteiger partial charge in [0.05, 0.1) is 18.3 Å². The van der Waals surface area contributed by atoms with Crippen LogP contribution >= 0.6 is 0 Å². The molecule has 0 aliphatic heterocycles. The first-order chi connectivity index (χ1) is 22.7. The number of hydrogen-bond donors (Lipinski definition) is 3. The molecule has 0 bridgehead atoms. The fourth-order valence-corrected chi connectivity index (χ4v) is 5.27. The molecular weight excluding hydrogens is 606 g/mol. The number of carbonyl (C=O) groups is 2. The lowest BCUT2D eigenvalue weighted by Gasteiger charge is -2.38. The smallest absolute Gasteiger partial charge is 0.437 e. The van der Waals surface area contributed by atoms with Crippen LogP contribution in [0.25, 0.3) is 0 Å². The summed E-state index contributed by atoms with van der Waals surface area (Å²) in [6.07, 6.45) is 0.0169. The lowest BCUT2D eigenvalue weighted by molar-refractivity contribution is 0.0554.